The molecular formula is C29H48O4. The van der Waals surface area contributed by atoms with Crippen LogP contribution in [0.5, 0.6) is 0 Å². The summed E-state index contributed by atoms with van der Waals surface area (Å²) in [6.45, 7) is 14.0. The monoisotopic (exact) mass is 460 g/mol. The van der Waals surface area contributed by atoms with Crippen molar-refractivity contribution in [3.05, 3.63) is 33.9 Å². The molecule has 0 aliphatic heterocycles. The summed E-state index contributed by atoms with van der Waals surface area (Å²) in [5, 5.41) is 18.5. The van der Waals surface area contributed by atoms with Crippen LogP contribution in [0, 0.1) is 31.6 Å². The van der Waals surface area contributed by atoms with Crippen molar-refractivity contribution in [3.63, 3.8) is 0 Å². The molecule has 0 spiro atoms. The Balaban J connectivity index is 2.50. The van der Waals surface area contributed by atoms with E-state index >= 15 is 0 Å². The van der Waals surface area contributed by atoms with Gasteiger partial charge in [-0.3, -0.25) is 9.59 Å². The van der Waals surface area contributed by atoms with Gasteiger partial charge in [0.15, 0.2) is 0 Å². The van der Waals surface area contributed by atoms with Crippen LogP contribution >= 0.6 is 0 Å². The Morgan fingerprint density at radius 1 is 0.667 bits per heavy atom. The standard InChI is InChI=1S/C29H48O4/c1-21-20-24(16-12-8-10-14-18-28(4,5)26(30)31)23(3)25(22(21)2)17-13-9-11-15-19-29(6,7)27(32)33/h20H,8-19H2,1-7H3,(H,30,31)(H,32,33). The topological polar surface area (TPSA) is 74.6 Å². The molecule has 33 heavy (non-hydrogen) atoms. The van der Waals surface area contributed by atoms with E-state index in [1.807, 2.05) is 27.7 Å². The zero-order chi connectivity index (χ0) is 25.2. The Kier molecular flexibility index (Phi) is 11.6. The highest BCUT2D eigenvalue weighted by Gasteiger charge is 2.26. The maximum Gasteiger partial charge on any atom is 0.309 e. The summed E-state index contributed by atoms with van der Waals surface area (Å²) in [6, 6.07) is 2.36. The van der Waals surface area contributed by atoms with E-state index in [0.717, 1.165) is 77.0 Å². The average molecular weight is 461 g/mol. The lowest BCUT2D eigenvalue weighted by Crippen LogP contribution is -2.23. The maximum atomic E-state index is 11.2. The van der Waals surface area contributed by atoms with E-state index in [9.17, 15) is 19.8 Å². The van der Waals surface area contributed by atoms with E-state index in [0.29, 0.717) is 0 Å². The highest BCUT2D eigenvalue weighted by atomic mass is 16.4. The van der Waals surface area contributed by atoms with Gasteiger partial charge in [-0.2, -0.15) is 0 Å². The molecule has 0 fully saturated rings. The first-order valence-electron chi connectivity index (χ1n) is 12.8. The number of carboxylic acids is 2. The lowest BCUT2D eigenvalue weighted by Gasteiger charge is -2.19. The number of aliphatic carboxylic acids is 2. The molecular weight excluding hydrogens is 412 g/mol. The van der Waals surface area contributed by atoms with Gasteiger partial charge in [-0.05, 0) is 115 Å². The highest BCUT2D eigenvalue weighted by Crippen LogP contribution is 2.28. The molecule has 0 unspecified atom stereocenters. The molecule has 2 N–H and O–H groups in total. The molecule has 1 rings (SSSR count). The highest BCUT2D eigenvalue weighted by molar-refractivity contribution is 5.73. The van der Waals surface area contributed by atoms with Gasteiger partial charge >= 0.3 is 11.9 Å². The molecule has 0 bridgehead atoms. The summed E-state index contributed by atoms with van der Waals surface area (Å²) in [6.07, 6.45) is 12.4. The van der Waals surface area contributed by atoms with E-state index in [4.69, 9.17) is 0 Å². The first kappa shape index (κ1) is 29.2. The average Bonchev–Trinajstić information content (AvgIpc) is 2.72. The van der Waals surface area contributed by atoms with Crippen molar-refractivity contribution in [1.29, 1.82) is 0 Å². The summed E-state index contributed by atoms with van der Waals surface area (Å²) < 4.78 is 0. The van der Waals surface area contributed by atoms with Crippen LogP contribution in [0.1, 0.15) is 120 Å². The van der Waals surface area contributed by atoms with E-state index in [1.165, 1.54) is 27.8 Å². The lowest BCUT2D eigenvalue weighted by atomic mass is 9.86. The summed E-state index contributed by atoms with van der Waals surface area (Å²) in [4.78, 5) is 22.5. The van der Waals surface area contributed by atoms with Gasteiger partial charge in [0, 0.05) is 0 Å². The third-order valence-electron chi connectivity index (χ3n) is 7.50. The molecule has 188 valence electrons. The van der Waals surface area contributed by atoms with Crippen molar-refractivity contribution < 1.29 is 19.8 Å². The molecule has 0 saturated heterocycles. The Bertz CT molecular complexity index is 789. The fraction of sp³-hybridized carbons (Fsp3) is 0.724. The third kappa shape index (κ3) is 9.51. The smallest absolute Gasteiger partial charge is 0.309 e. The fourth-order valence-corrected chi connectivity index (χ4v) is 4.50. The Labute approximate surface area is 202 Å². The minimum absolute atomic E-state index is 0.619. The number of hydrogen-bond donors (Lipinski definition) is 2. The first-order valence-corrected chi connectivity index (χ1v) is 12.8. The van der Waals surface area contributed by atoms with E-state index in [2.05, 4.69) is 26.8 Å². The Hall–Kier alpha value is -1.84. The molecule has 0 saturated carbocycles. The van der Waals surface area contributed by atoms with Crippen molar-refractivity contribution in [3.8, 4) is 0 Å². The molecule has 1 aromatic carbocycles. The second kappa shape index (κ2) is 13.2. The molecule has 0 heterocycles. The molecule has 0 aromatic heterocycles. The predicted molar refractivity (Wildman–Crippen MR) is 137 cm³/mol. The van der Waals surface area contributed by atoms with Crippen LogP contribution in [-0.4, -0.2) is 22.2 Å². The Morgan fingerprint density at radius 2 is 1.09 bits per heavy atom. The van der Waals surface area contributed by atoms with Crippen molar-refractivity contribution in [2.45, 2.75) is 126 Å². The number of aryl methyl sites for hydroxylation is 2. The van der Waals surface area contributed by atoms with Gasteiger partial charge in [0.2, 0.25) is 0 Å². The zero-order valence-electron chi connectivity index (χ0n) is 22.3. The number of rotatable bonds is 16. The fourth-order valence-electron chi connectivity index (χ4n) is 4.50. The van der Waals surface area contributed by atoms with Gasteiger partial charge in [-0.1, -0.05) is 44.6 Å². The molecule has 1 aromatic rings. The van der Waals surface area contributed by atoms with Gasteiger partial charge in [0.05, 0.1) is 10.8 Å². The molecule has 0 atom stereocenters. The maximum absolute atomic E-state index is 11.2. The zero-order valence-corrected chi connectivity index (χ0v) is 22.3. The normalized spacial score (nSPS) is 12.2. The quantitative estimate of drug-likeness (QED) is 0.247. The largest absolute Gasteiger partial charge is 0.481 e. The summed E-state index contributed by atoms with van der Waals surface area (Å²) >= 11 is 0. The van der Waals surface area contributed by atoms with Crippen LogP contribution in [0.3, 0.4) is 0 Å². The number of carbonyl (C=O) groups is 2. The van der Waals surface area contributed by atoms with E-state index < -0.39 is 22.8 Å². The van der Waals surface area contributed by atoms with Crippen LogP contribution in [0.2, 0.25) is 0 Å². The van der Waals surface area contributed by atoms with Crippen LogP contribution in [-0.2, 0) is 22.4 Å². The minimum Gasteiger partial charge on any atom is -0.481 e. The number of benzene rings is 1. The lowest BCUT2D eigenvalue weighted by molar-refractivity contribution is -0.148. The molecule has 0 aliphatic carbocycles. The Morgan fingerprint density at radius 3 is 1.55 bits per heavy atom. The molecule has 0 radical (unpaired) electrons. The van der Waals surface area contributed by atoms with Crippen molar-refractivity contribution in [2.75, 3.05) is 0 Å². The SMILES string of the molecule is Cc1cc(CCCCCCC(C)(C)C(=O)O)c(C)c(CCCCCCC(C)(C)C(=O)O)c1C. The van der Waals surface area contributed by atoms with Gasteiger partial charge in [-0.25, -0.2) is 0 Å². The second-order valence-electron chi connectivity index (χ2n) is 11.3. The molecule has 4 nitrogen and oxygen atoms in total. The molecule has 4 heteroatoms. The number of hydrogen-bond acceptors (Lipinski definition) is 2. The van der Waals surface area contributed by atoms with Crippen LogP contribution < -0.4 is 0 Å². The number of unbranched alkanes of at least 4 members (excludes halogenated alkanes) is 6. The predicted octanol–water partition coefficient (Wildman–Crippen LogP) is 7.82. The second-order valence-corrected chi connectivity index (χ2v) is 11.3. The van der Waals surface area contributed by atoms with Gasteiger partial charge in [-0.15, -0.1) is 0 Å². The van der Waals surface area contributed by atoms with Gasteiger partial charge < -0.3 is 10.2 Å². The molecule has 0 amide bonds. The summed E-state index contributed by atoms with van der Waals surface area (Å²) in [5.41, 5.74) is 5.95. The van der Waals surface area contributed by atoms with E-state index in [1.54, 1.807) is 0 Å². The summed E-state index contributed by atoms with van der Waals surface area (Å²) in [5.74, 6) is -1.41. The van der Waals surface area contributed by atoms with Crippen LogP contribution in [0.15, 0.2) is 6.07 Å². The van der Waals surface area contributed by atoms with E-state index in [-0.39, 0.29) is 0 Å². The van der Waals surface area contributed by atoms with Gasteiger partial charge in [0.1, 0.15) is 0 Å². The third-order valence-corrected chi connectivity index (χ3v) is 7.50. The van der Waals surface area contributed by atoms with Crippen LogP contribution in [0.25, 0.3) is 0 Å². The van der Waals surface area contributed by atoms with Gasteiger partial charge in [0.25, 0.3) is 0 Å². The summed E-state index contributed by atoms with van der Waals surface area (Å²) in [7, 11) is 0. The van der Waals surface area contributed by atoms with Crippen molar-refractivity contribution >= 4 is 11.9 Å². The minimum atomic E-state index is -0.704. The van der Waals surface area contributed by atoms with Crippen molar-refractivity contribution in [2.24, 2.45) is 10.8 Å². The molecule has 0 aliphatic rings. The first-order chi connectivity index (χ1) is 15.3. The van der Waals surface area contributed by atoms with Crippen molar-refractivity contribution in [1.82, 2.24) is 0 Å². The van der Waals surface area contributed by atoms with Crippen LogP contribution in [0.4, 0.5) is 0 Å². The number of carboxylic acid groups (broad SMARTS) is 2.